The summed E-state index contributed by atoms with van der Waals surface area (Å²) in [6.07, 6.45) is 0.476. The van der Waals surface area contributed by atoms with Gasteiger partial charge >= 0.3 is 0 Å². The number of ether oxygens (including phenoxy) is 1. The number of halogens is 3. The Labute approximate surface area is 130 Å². The van der Waals surface area contributed by atoms with Crippen LogP contribution in [-0.2, 0) is 6.42 Å². The maximum atomic E-state index is 13.7. The van der Waals surface area contributed by atoms with Crippen molar-refractivity contribution in [2.75, 3.05) is 7.11 Å². The quantitative estimate of drug-likeness (QED) is 0.489. The lowest BCUT2D eigenvalue weighted by Gasteiger charge is -2.19. The molecule has 0 aliphatic carbocycles. The summed E-state index contributed by atoms with van der Waals surface area (Å²) in [5.41, 5.74) is 4.09. The van der Waals surface area contributed by atoms with Crippen LogP contribution in [0.2, 0.25) is 0 Å². The molecule has 1 atom stereocenters. The molecule has 0 saturated carbocycles. The summed E-state index contributed by atoms with van der Waals surface area (Å²) in [6, 6.07) is 9.68. The summed E-state index contributed by atoms with van der Waals surface area (Å²) in [5, 5.41) is 0. The third-order valence-electron chi connectivity index (χ3n) is 3.26. The minimum absolute atomic E-state index is 0.0698. The van der Waals surface area contributed by atoms with E-state index >= 15 is 0 Å². The van der Waals surface area contributed by atoms with Gasteiger partial charge in [-0.25, -0.2) is 8.78 Å². The van der Waals surface area contributed by atoms with Gasteiger partial charge in [0.1, 0.15) is 5.75 Å². The molecule has 2 rings (SSSR count). The Morgan fingerprint density at radius 1 is 1.24 bits per heavy atom. The van der Waals surface area contributed by atoms with Crippen LogP contribution in [0.4, 0.5) is 8.78 Å². The molecule has 0 spiro atoms. The highest BCUT2D eigenvalue weighted by Crippen LogP contribution is 2.31. The molecule has 0 aromatic heterocycles. The van der Waals surface area contributed by atoms with Crippen LogP contribution in [-0.4, -0.2) is 7.11 Å². The van der Waals surface area contributed by atoms with E-state index in [0.717, 1.165) is 17.4 Å². The molecule has 6 heteroatoms. The Morgan fingerprint density at radius 2 is 1.95 bits per heavy atom. The first-order valence-corrected chi connectivity index (χ1v) is 7.09. The van der Waals surface area contributed by atoms with E-state index in [1.165, 1.54) is 6.07 Å². The van der Waals surface area contributed by atoms with Gasteiger partial charge < -0.3 is 4.74 Å². The van der Waals surface area contributed by atoms with E-state index in [4.69, 9.17) is 10.6 Å². The zero-order valence-corrected chi connectivity index (χ0v) is 13.0. The number of rotatable bonds is 5. The fourth-order valence-corrected chi connectivity index (χ4v) is 2.76. The molecule has 0 aliphatic rings. The van der Waals surface area contributed by atoms with E-state index in [2.05, 4.69) is 21.4 Å². The van der Waals surface area contributed by atoms with Crippen LogP contribution in [0.5, 0.6) is 5.75 Å². The predicted octanol–water partition coefficient (Wildman–Crippen LogP) is 3.48. The summed E-state index contributed by atoms with van der Waals surface area (Å²) >= 11 is 3.08. The van der Waals surface area contributed by atoms with Gasteiger partial charge in [0.15, 0.2) is 11.6 Å². The zero-order chi connectivity index (χ0) is 15.4. The Bertz CT molecular complexity index is 637. The summed E-state index contributed by atoms with van der Waals surface area (Å²) in [4.78, 5) is 0. The number of methoxy groups -OCH3 is 1. The highest BCUT2D eigenvalue weighted by atomic mass is 79.9. The van der Waals surface area contributed by atoms with Crippen molar-refractivity contribution in [3.8, 4) is 5.75 Å². The molecule has 0 bridgehead atoms. The highest BCUT2D eigenvalue weighted by molar-refractivity contribution is 9.10. The van der Waals surface area contributed by atoms with Crippen LogP contribution in [0.3, 0.4) is 0 Å². The van der Waals surface area contributed by atoms with Crippen LogP contribution in [0, 0.1) is 11.6 Å². The second-order valence-electron chi connectivity index (χ2n) is 4.50. The number of para-hydroxylation sites is 1. The van der Waals surface area contributed by atoms with Gasteiger partial charge in [-0.15, -0.1) is 0 Å². The summed E-state index contributed by atoms with van der Waals surface area (Å²) < 4.78 is 32.2. The fourth-order valence-electron chi connectivity index (χ4n) is 2.16. The Hall–Kier alpha value is -1.50. The van der Waals surface area contributed by atoms with Crippen molar-refractivity contribution in [2.45, 2.75) is 12.5 Å². The van der Waals surface area contributed by atoms with E-state index in [9.17, 15) is 8.78 Å². The zero-order valence-electron chi connectivity index (χ0n) is 11.4. The van der Waals surface area contributed by atoms with Crippen LogP contribution in [0.25, 0.3) is 0 Å². The molecule has 0 amide bonds. The van der Waals surface area contributed by atoms with Crippen LogP contribution in [0.15, 0.2) is 40.9 Å². The minimum atomic E-state index is -0.923. The van der Waals surface area contributed by atoms with E-state index < -0.39 is 11.6 Å². The average Bonchev–Trinajstić information content (AvgIpc) is 2.51. The summed E-state index contributed by atoms with van der Waals surface area (Å²) in [7, 11) is 1.58. The molecule has 2 aromatic rings. The molecule has 112 valence electrons. The lowest BCUT2D eigenvalue weighted by atomic mass is 9.98. The van der Waals surface area contributed by atoms with E-state index in [1.54, 1.807) is 7.11 Å². The molecule has 3 nitrogen and oxygen atoms in total. The molecule has 0 heterocycles. The molecular formula is C15H15BrF2N2O. The second kappa shape index (κ2) is 6.98. The normalized spacial score (nSPS) is 12.2. The van der Waals surface area contributed by atoms with E-state index in [-0.39, 0.29) is 10.5 Å². The monoisotopic (exact) mass is 356 g/mol. The molecule has 1 unspecified atom stereocenters. The van der Waals surface area contributed by atoms with Crippen molar-refractivity contribution in [2.24, 2.45) is 5.84 Å². The van der Waals surface area contributed by atoms with Gasteiger partial charge in [0, 0.05) is 0 Å². The topological polar surface area (TPSA) is 47.3 Å². The molecule has 0 aliphatic heterocycles. The number of hydrogen-bond donors (Lipinski definition) is 2. The van der Waals surface area contributed by atoms with Crippen molar-refractivity contribution in [3.05, 3.63) is 63.6 Å². The SMILES string of the molecule is COc1ccccc1CC(NN)c1ccc(F)c(F)c1Br. The Morgan fingerprint density at radius 3 is 2.62 bits per heavy atom. The fraction of sp³-hybridized carbons (Fsp3) is 0.200. The number of nitrogens with one attached hydrogen (secondary N) is 1. The largest absolute Gasteiger partial charge is 0.496 e. The lowest BCUT2D eigenvalue weighted by molar-refractivity contribution is 0.405. The van der Waals surface area contributed by atoms with Crippen LogP contribution in [0.1, 0.15) is 17.2 Å². The maximum absolute atomic E-state index is 13.7. The Kier molecular flexibility index (Phi) is 5.27. The Balaban J connectivity index is 2.35. The van der Waals surface area contributed by atoms with Crippen molar-refractivity contribution in [1.82, 2.24) is 5.43 Å². The maximum Gasteiger partial charge on any atom is 0.173 e. The molecule has 3 N–H and O–H groups in total. The van der Waals surface area contributed by atoms with Gasteiger partial charge in [0.25, 0.3) is 0 Å². The lowest BCUT2D eigenvalue weighted by Crippen LogP contribution is -2.30. The predicted molar refractivity (Wildman–Crippen MR) is 80.8 cm³/mol. The standard InChI is InChI=1S/C15H15BrF2N2O/c1-21-13-5-3-2-4-9(13)8-12(20-19)10-6-7-11(17)15(18)14(10)16/h2-7,12,20H,8,19H2,1H3. The highest BCUT2D eigenvalue weighted by Gasteiger charge is 2.19. The number of nitrogens with two attached hydrogens (primary N) is 1. The van der Waals surface area contributed by atoms with Gasteiger partial charge in [-0.2, -0.15) is 0 Å². The van der Waals surface area contributed by atoms with Crippen LogP contribution < -0.4 is 16.0 Å². The molecule has 0 saturated heterocycles. The van der Waals surface area contributed by atoms with Gasteiger partial charge in [0.2, 0.25) is 0 Å². The average molecular weight is 357 g/mol. The molecule has 2 aromatic carbocycles. The van der Waals surface area contributed by atoms with Gasteiger partial charge in [-0.05, 0) is 45.6 Å². The van der Waals surface area contributed by atoms with Crippen molar-refractivity contribution >= 4 is 15.9 Å². The first-order chi connectivity index (χ1) is 10.1. The number of benzene rings is 2. The third kappa shape index (κ3) is 3.40. The second-order valence-corrected chi connectivity index (χ2v) is 5.29. The first kappa shape index (κ1) is 15.9. The molecule has 0 fully saturated rings. The van der Waals surface area contributed by atoms with Gasteiger partial charge in [-0.3, -0.25) is 11.3 Å². The number of hydrogen-bond acceptors (Lipinski definition) is 3. The minimum Gasteiger partial charge on any atom is -0.496 e. The first-order valence-electron chi connectivity index (χ1n) is 6.30. The number of hydrazine groups is 1. The van der Waals surface area contributed by atoms with Crippen molar-refractivity contribution in [3.63, 3.8) is 0 Å². The van der Waals surface area contributed by atoms with Crippen molar-refractivity contribution in [1.29, 1.82) is 0 Å². The van der Waals surface area contributed by atoms with E-state index in [1.807, 2.05) is 24.3 Å². The van der Waals surface area contributed by atoms with Crippen molar-refractivity contribution < 1.29 is 13.5 Å². The summed E-state index contributed by atoms with van der Waals surface area (Å²) in [5.74, 6) is 4.46. The smallest absolute Gasteiger partial charge is 0.173 e. The van der Waals surface area contributed by atoms with Crippen LogP contribution >= 0.6 is 15.9 Å². The van der Waals surface area contributed by atoms with E-state index in [0.29, 0.717) is 12.0 Å². The summed E-state index contributed by atoms with van der Waals surface area (Å²) in [6.45, 7) is 0. The molecule has 21 heavy (non-hydrogen) atoms. The van der Waals surface area contributed by atoms with Gasteiger partial charge in [-0.1, -0.05) is 24.3 Å². The van der Waals surface area contributed by atoms with Gasteiger partial charge in [0.05, 0.1) is 17.6 Å². The molecular weight excluding hydrogens is 342 g/mol. The third-order valence-corrected chi connectivity index (χ3v) is 4.06. The molecule has 0 radical (unpaired) electrons.